The van der Waals surface area contributed by atoms with Crippen LogP contribution in [0.5, 0.6) is 0 Å². The second-order valence-electron chi connectivity index (χ2n) is 5.12. The molecule has 3 rings (SSSR count). The van der Waals surface area contributed by atoms with Gasteiger partial charge in [-0.25, -0.2) is 4.68 Å². The van der Waals surface area contributed by atoms with Gasteiger partial charge >= 0.3 is 0 Å². The molecule has 0 aliphatic carbocycles. The van der Waals surface area contributed by atoms with Crippen LogP contribution in [0.2, 0.25) is 5.02 Å². The van der Waals surface area contributed by atoms with Crippen molar-refractivity contribution in [2.45, 2.75) is 6.42 Å². The van der Waals surface area contributed by atoms with Crippen LogP contribution in [0.25, 0.3) is 5.69 Å². The second-order valence-corrected chi connectivity index (χ2v) is 5.56. The summed E-state index contributed by atoms with van der Waals surface area (Å²) in [5.41, 5.74) is 13.9. The van der Waals surface area contributed by atoms with Crippen molar-refractivity contribution >= 4 is 28.9 Å². The van der Waals surface area contributed by atoms with Crippen molar-refractivity contribution in [3.8, 4) is 5.69 Å². The van der Waals surface area contributed by atoms with Crippen molar-refractivity contribution in [1.29, 1.82) is 0 Å². The highest BCUT2D eigenvalue weighted by Crippen LogP contribution is 2.25. The molecule has 2 aromatic carbocycles. The molecule has 0 amide bonds. The Morgan fingerprint density at radius 1 is 1.04 bits per heavy atom. The Hall–Kier alpha value is -2.79. The van der Waals surface area contributed by atoms with Crippen molar-refractivity contribution < 1.29 is 4.79 Å². The third kappa shape index (κ3) is 3.05. The molecule has 0 aliphatic heterocycles. The van der Waals surface area contributed by atoms with Gasteiger partial charge in [-0.1, -0.05) is 41.9 Å². The lowest BCUT2D eigenvalue weighted by atomic mass is 10.1. The molecule has 0 bridgehead atoms. The molecule has 6 heteroatoms. The van der Waals surface area contributed by atoms with Crippen LogP contribution in [0.4, 0.5) is 11.5 Å². The fourth-order valence-corrected chi connectivity index (χ4v) is 2.42. The standard InChI is InChI=1S/C17H15ClN4O/c18-12-6-8-13(9-7-12)22-17(20)15(19)16(21-22)14(23)10-11-4-2-1-3-5-11/h1-9H,10,19-20H2. The van der Waals surface area contributed by atoms with E-state index in [2.05, 4.69) is 5.10 Å². The highest BCUT2D eigenvalue weighted by Gasteiger charge is 2.20. The predicted molar refractivity (Wildman–Crippen MR) is 91.9 cm³/mol. The van der Waals surface area contributed by atoms with Crippen molar-refractivity contribution in [3.63, 3.8) is 0 Å². The predicted octanol–water partition coefficient (Wildman–Crippen LogP) is 3.12. The first kappa shape index (κ1) is 15.1. The largest absolute Gasteiger partial charge is 0.394 e. The average molecular weight is 327 g/mol. The summed E-state index contributed by atoms with van der Waals surface area (Å²) in [6.07, 6.45) is 0.224. The summed E-state index contributed by atoms with van der Waals surface area (Å²) in [7, 11) is 0. The van der Waals surface area contributed by atoms with Crippen LogP contribution < -0.4 is 11.5 Å². The maximum atomic E-state index is 12.5. The number of Topliss-reactive ketones (excluding diaryl/α,β-unsaturated/α-hetero) is 1. The molecule has 0 radical (unpaired) electrons. The van der Waals surface area contributed by atoms with E-state index >= 15 is 0 Å². The molecule has 0 saturated heterocycles. The smallest absolute Gasteiger partial charge is 0.189 e. The van der Waals surface area contributed by atoms with Crippen LogP contribution in [0, 0.1) is 0 Å². The van der Waals surface area contributed by atoms with Gasteiger partial charge < -0.3 is 11.5 Å². The summed E-state index contributed by atoms with van der Waals surface area (Å²) in [6, 6.07) is 16.4. The minimum absolute atomic E-state index is 0.173. The van der Waals surface area contributed by atoms with Gasteiger partial charge in [0, 0.05) is 11.4 Å². The van der Waals surface area contributed by atoms with Gasteiger partial charge in [-0.05, 0) is 29.8 Å². The monoisotopic (exact) mass is 326 g/mol. The number of ketones is 1. The summed E-state index contributed by atoms with van der Waals surface area (Å²) in [5, 5.41) is 4.88. The Balaban J connectivity index is 1.93. The number of nitrogen functional groups attached to an aromatic ring is 2. The van der Waals surface area contributed by atoms with Crippen LogP contribution in [0.1, 0.15) is 16.1 Å². The summed E-state index contributed by atoms with van der Waals surface area (Å²) in [6.45, 7) is 0. The Morgan fingerprint density at radius 3 is 2.35 bits per heavy atom. The lowest BCUT2D eigenvalue weighted by Gasteiger charge is -2.03. The topological polar surface area (TPSA) is 86.9 Å². The lowest BCUT2D eigenvalue weighted by molar-refractivity contribution is 0.0988. The van der Waals surface area contributed by atoms with Crippen LogP contribution in [-0.4, -0.2) is 15.6 Å². The SMILES string of the molecule is Nc1c(C(=O)Cc2ccccc2)nn(-c2ccc(Cl)cc2)c1N. The lowest BCUT2D eigenvalue weighted by Crippen LogP contribution is -2.07. The highest BCUT2D eigenvalue weighted by molar-refractivity contribution is 6.30. The van der Waals surface area contributed by atoms with E-state index in [4.69, 9.17) is 23.1 Å². The number of hydrogen-bond acceptors (Lipinski definition) is 4. The summed E-state index contributed by atoms with van der Waals surface area (Å²) >= 11 is 5.88. The van der Waals surface area contributed by atoms with Gasteiger partial charge in [0.1, 0.15) is 5.69 Å². The van der Waals surface area contributed by atoms with Crippen molar-refractivity contribution in [2.24, 2.45) is 0 Å². The molecule has 1 heterocycles. The fraction of sp³-hybridized carbons (Fsp3) is 0.0588. The van der Waals surface area contributed by atoms with E-state index in [1.54, 1.807) is 24.3 Å². The fourth-order valence-electron chi connectivity index (χ4n) is 2.29. The van der Waals surface area contributed by atoms with Gasteiger partial charge in [0.15, 0.2) is 17.3 Å². The molecule has 0 aliphatic rings. The number of hydrogen-bond donors (Lipinski definition) is 2. The zero-order valence-electron chi connectivity index (χ0n) is 12.2. The number of nitrogens with two attached hydrogens (primary N) is 2. The van der Waals surface area contributed by atoms with Gasteiger partial charge in [-0.3, -0.25) is 4.79 Å². The third-order valence-corrected chi connectivity index (χ3v) is 3.75. The quantitative estimate of drug-likeness (QED) is 0.721. The van der Waals surface area contributed by atoms with E-state index < -0.39 is 0 Å². The first-order valence-corrected chi connectivity index (χ1v) is 7.41. The number of aromatic nitrogens is 2. The van der Waals surface area contributed by atoms with Crippen LogP contribution in [-0.2, 0) is 6.42 Å². The summed E-state index contributed by atoms with van der Waals surface area (Å²) in [5.74, 6) is 0.0665. The average Bonchev–Trinajstić information content (AvgIpc) is 2.85. The molecule has 0 unspecified atom stereocenters. The Labute approximate surface area is 138 Å². The van der Waals surface area contributed by atoms with E-state index in [1.165, 1.54) is 4.68 Å². The molecule has 23 heavy (non-hydrogen) atoms. The molecule has 1 aromatic heterocycles. The number of carbonyl (C=O) groups excluding carboxylic acids is 1. The number of halogens is 1. The zero-order chi connectivity index (χ0) is 16.4. The third-order valence-electron chi connectivity index (χ3n) is 3.50. The first-order valence-electron chi connectivity index (χ1n) is 7.03. The second kappa shape index (κ2) is 6.14. The number of anilines is 2. The van der Waals surface area contributed by atoms with Crippen molar-refractivity contribution in [2.75, 3.05) is 11.5 Å². The molecule has 4 N–H and O–H groups in total. The van der Waals surface area contributed by atoms with Gasteiger partial charge in [0.25, 0.3) is 0 Å². The molecule has 0 atom stereocenters. The molecule has 0 saturated carbocycles. The number of rotatable bonds is 4. The summed E-state index contributed by atoms with van der Waals surface area (Å²) < 4.78 is 1.45. The number of carbonyl (C=O) groups is 1. The molecule has 3 aromatic rings. The minimum atomic E-state index is -0.173. The summed E-state index contributed by atoms with van der Waals surface area (Å²) in [4.78, 5) is 12.5. The molecule has 0 spiro atoms. The molecule has 0 fully saturated rings. The Bertz CT molecular complexity index is 841. The van der Waals surface area contributed by atoms with E-state index in [9.17, 15) is 4.79 Å². The Kier molecular flexibility index (Phi) is 4.04. The maximum absolute atomic E-state index is 12.5. The van der Waals surface area contributed by atoms with Gasteiger partial charge in [0.2, 0.25) is 0 Å². The minimum Gasteiger partial charge on any atom is -0.394 e. The molecular weight excluding hydrogens is 312 g/mol. The normalized spacial score (nSPS) is 10.7. The van der Waals surface area contributed by atoms with Gasteiger partial charge in [-0.2, -0.15) is 5.10 Å². The molecule has 5 nitrogen and oxygen atoms in total. The Morgan fingerprint density at radius 2 is 1.70 bits per heavy atom. The van der Waals surface area contributed by atoms with Crippen molar-refractivity contribution in [1.82, 2.24) is 9.78 Å². The maximum Gasteiger partial charge on any atom is 0.189 e. The van der Waals surface area contributed by atoms with Crippen molar-refractivity contribution in [3.05, 3.63) is 70.9 Å². The number of benzene rings is 2. The van der Waals surface area contributed by atoms with E-state index in [1.807, 2.05) is 30.3 Å². The van der Waals surface area contributed by atoms with Crippen LogP contribution in [0.3, 0.4) is 0 Å². The van der Waals surface area contributed by atoms with Crippen LogP contribution >= 0.6 is 11.6 Å². The molecule has 116 valence electrons. The van der Waals surface area contributed by atoms with E-state index in [-0.39, 0.29) is 29.4 Å². The number of nitrogens with zero attached hydrogens (tertiary/aromatic N) is 2. The van der Waals surface area contributed by atoms with E-state index in [0.29, 0.717) is 10.7 Å². The first-order chi connectivity index (χ1) is 11.1. The zero-order valence-corrected chi connectivity index (χ0v) is 13.0. The van der Waals surface area contributed by atoms with Crippen LogP contribution in [0.15, 0.2) is 54.6 Å². The molecular formula is C17H15ClN4O. The van der Waals surface area contributed by atoms with E-state index in [0.717, 1.165) is 5.56 Å². The van der Waals surface area contributed by atoms with Gasteiger partial charge in [-0.15, -0.1) is 0 Å². The highest BCUT2D eigenvalue weighted by atomic mass is 35.5. The van der Waals surface area contributed by atoms with Gasteiger partial charge in [0.05, 0.1) is 5.69 Å².